The van der Waals surface area contributed by atoms with E-state index in [9.17, 15) is 0 Å². The highest BCUT2D eigenvalue weighted by Gasteiger charge is 1.96. The lowest BCUT2D eigenvalue weighted by molar-refractivity contribution is 0.655. The van der Waals surface area contributed by atoms with Crippen molar-refractivity contribution in [2.75, 3.05) is 0 Å². The van der Waals surface area contributed by atoms with Crippen LogP contribution in [-0.2, 0) is 0 Å². The van der Waals surface area contributed by atoms with Crippen LogP contribution < -0.4 is 0 Å². The molecule has 47 valence electrons. The Morgan fingerprint density at radius 2 is 2.25 bits per heavy atom. The Bertz CT molecular complexity index is 80.0. The van der Waals surface area contributed by atoms with Gasteiger partial charge >= 0.3 is 0 Å². The van der Waals surface area contributed by atoms with Crippen molar-refractivity contribution in [1.82, 2.24) is 0 Å². The minimum Gasteiger partial charge on any atom is -0.0850 e. The van der Waals surface area contributed by atoms with E-state index in [-0.39, 0.29) is 0 Å². The van der Waals surface area contributed by atoms with Crippen LogP contribution >= 0.6 is 0 Å². The Balaban J connectivity index is 3.63. The summed E-state index contributed by atoms with van der Waals surface area (Å²) in [7, 11) is 0. The molecule has 0 saturated carbocycles. The van der Waals surface area contributed by atoms with Crippen molar-refractivity contribution < 1.29 is 0 Å². The highest BCUT2D eigenvalue weighted by Crippen LogP contribution is 2.11. The maximum atomic E-state index is 3.69. The molecule has 0 aliphatic heterocycles. The summed E-state index contributed by atoms with van der Waals surface area (Å²) in [6.07, 6.45) is 3.16. The molecule has 0 aromatic carbocycles. The zero-order valence-electron chi connectivity index (χ0n) is 6.07. The molecule has 0 bridgehead atoms. The number of rotatable bonds is 2. The molecule has 1 unspecified atom stereocenters. The summed E-state index contributed by atoms with van der Waals surface area (Å²) in [5, 5.41) is 0. The molecular weight excluding hydrogens is 96.1 g/mol. The van der Waals surface area contributed by atoms with Gasteiger partial charge in [0.1, 0.15) is 0 Å². The molecule has 0 aromatic rings. The smallest absolute Gasteiger partial charge is 0.0237 e. The molecule has 0 fully saturated rings. The summed E-state index contributed by atoms with van der Waals surface area (Å²) < 4.78 is 0. The fourth-order valence-electron chi connectivity index (χ4n) is 0.523. The highest BCUT2D eigenvalue weighted by atomic mass is 14.0. The third-order valence-corrected chi connectivity index (χ3v) is 1.71. The monoisotopic (exact) mass is 111 g/mol. The van der Waals surface area contributed by atoms with Gasteiger partial charge in [-0.05, 0) is 26.2 Å². The van der Waals surface area contributed by atoms with Gasteiger partial charge in [-0.15, -0.1) is 0 Å². The van der Waals surface area contributed by atoms with E-state index in [1.807, 2.05) is 6.08 Å². The normalized spacial score (nSPS) is 16.2. The van der Waals surface area contributed by atoms with Crippen molar-refractivity contribution in [2.45, 2.75) is 27.2 Å². The Hall–Kier alpha value is -0.260. The van der Waals surface area contributed by atoms with Crippen LogP contribution in [0.15, 0.2) is 11.6 Å². The molecule has 0 saturated heterocycles. The second-order valence-corrected chi connectivity index (χ2v) is 2.26. The van der Waals surface area contributed by atoms with Crippen LogP contribution in [-0.4, -0.2) is 0 Å². The summed E-state index contributed by atoms with van der Waals surface area (Å²) in [6.45, 7) is 10.2. The second-order valence-electron chi connectivity index (χ2n) is 2.26. The zero-order chi connectivity index (χ0) is 6.57. The fourth-order valence-corrected chi connectivity index (χ4v) is 0.523. The first-order valence-electron chi connectivity index (χ1n) is 3.18. The molecule has 0 rings (SSSR count). The average molecular weight is 111 g/mol. The Morgan fingerprint density at radius 1 is 1.75 bits per heavy atom. The predicted octanol–water partition coefficient (Wildman–Crippen LogP) is 2.81. The average Bonchev–Trinajstić information content (AvgIpc) is 1.84. The van der Waals surface area contributed by atoms with Crippen molar-refractivity contribution in [3.8, 4) is 0 Å². The van der Waals surface area contributed by atoms with Gasteiger partial charge in [-0.3, -0.25) is 0 Å². The molecule has 0 aliphatic carbocycles. The second kappa shape index (κ2) is 3.71. The minimum absolute atomic E-state index is 0.715. The Kier molecular flexibility index (Phi) is 3.59. The molecule has 0 heterocycles. The topological polar surface area (TPSA) is 0 Å². The minimum atomic E-state index is 0.715. The van der Waals surface area contributed by atoms with Crippen LogP contribution in [0.3, 0.4) is 0 Å². The van der Waals surface area contributed by atoms with Crippen LogP contribution in [0.4, 0.5) is 0 Å². The van der Waals surface area contributed by atoms with E-state index in [4.69, 9.17) is 0 Å². The molecule has 1 atom stereocenters. The van der Waals surface area contributed by atoms with Crippen LogP contribution in [0, 0.1) is 12.8 Å². The molecule has 0 N–H and O–H groups in total. The molecule has 0 spiro atoms. The van der Waals surface area contributed by atoms with Crippen LogP contribution in [0.25, 0.3) is 0 Å². The van der Waals surface area contributed by atoms with E-state index in [2.05, 4.69) is 27.7 Å². The van der Waals surface area contributed by atoms with Gasteiger partial charge in [-0.2, -0.15) is 0 Å². The molecule has 0 aromatic heterocycles. The van der Waals surface area contributed by atoms with Crippen molar-refractivity contribution >= 4 is 0 Å². The maximum absolute atomic E-state index is 3.69. The first-order valence-corrected chi connectivity index (χ1v) is 3.18. The summed E-state index contributed by atoms with van der Waals surface area (Å²) in [5.74, 6) is 0.715. The van der Waals surface area contributed by atoms with Gasteiger partial charge < -0.3 is 0 Å². The van der Waals surface area contributed by atoms with Crippen LogP contribution in [0.1, 0.15) is 27.2 Å². The molecule has 0 heteroatoms. The van der Waals surface area contributed by atoms with E-state index >= 15 is 0 Å². The third-order valence-electron chi connectivity index (χ3n) is 1.71. The molecule has 0 amide bonds. The highest BCUT2D eigenvalue weighted by molar-refractivity contribution is 5.02. The summed E-state index contributed by atoms with van der Waals surface area (Å²) in [5.41, 5.74) is 1.40. The number of hydrogen-bond acceptors (Lipinski definition) is 0. The van der Waals surface area contributed by atoms with E-state index < -0.39 is 0 Å². The SMILES string of the molecule is [CH2]/C=C(\C)C(C)CC. The molecule has 0 aliphatic rings. The van der Waals surface area contributed by atoms with Gasteiger partial charge in [0, 0.05) is 0 Å². The van der Waals surface area contributed by atoms with E-state index in [0.717, 1.165) is 0 Å². The predicted molar refractivity (Wildman–Crippen MR) is 38.6 cm³/mol. The molecule has 1 radical (unpaired) electrons. The summed E-state index contributed by atoms with van der Waals surface area (Å²) >= 11 is 0. The van der Waals surface area contributed by atoms with Crippen molar-refractivity contribution in [2.24, 2.45) is 5.92 Å². The van der Waals surface area contributed by atoms with Gasteiger partial charge in [-0.25, -0.2) is 0 Å². The zero-order valence-corrected chi connectivity index (χ0v) is 6.07. The van der Waals surface area contributed by atoms with Gasteiger partial charge in [0.25, 0.3) is 0 Å². The lowest BCUT2D eigenvalue weighted by Crippen LogP contribution is -1.91. The third kappa shape index (κ3) is 2.15. The van der Waals surface area contributed by atoms with E-state index in [0.29, 0.717) is 5.92 Å². The van der Waals surface area contributed by atoms with Gasteiger partial charge in [0.05, 0.1) is 0 Å². The molecule has 0 nitrogen and oxygen atoms in total. The quantitative estimate of drug-likeness (QED) is 0.514. The standard InChI is InChI=1S/C8H15/c1-5-7(3)8(4)6-2/h5,8H,1,6H2,2-4H3/b7-5+. The van der Waals surface area contributed by atoms with Crippen molar-refractivity contribution in [1.29, 1.82) is 0 Å². The Morgan fingerprint density at radius 3 is 2.38 bits per heavy atom. The van der Waals surface area contributed by atoms with Crippen molar-refractivity contribution in [3.63, 3.8) is 0 Å². The van der Waals surface area contributed by atoms with Gasteiger partial charge in [0.15, 0.2) is 0 Å². The Labute approximate surface area is 52.6 Å². The fraction of sp³-hybridized carbons (Fsp3) is 0.625. The largest absolute Gasteiger partial charge is 0.0850 e. The number of allylic oxidation sites excluding steroid dienone is 2. The van der Waals surface area contributed by atoms with Crippen molar-refractivity contribution in [3.05, 3.63) is 18.6 Å². The summed E-state index contributed by atoms with van der Waals surface area (Å²) in [4.78, 5) is 0. The molecule has 8 heavy (non-hydrogen) atoms. The first-order chi connectivity index (χ1) is 3.72. The first kappa shape index (κ1) is 7.74. The number of hydrogen-bond donors (Lipinski definition) is 0. The summed E-state index contributed by atoms with van der Waals surface area (Å²) in [6, 6.07) is 0. The molecular formula is C8H15. The maximum Gasteiger partial charge on any atom is -0.0237 e. The van der Waals surface area contributed by atoms with E-state index in [1.54, 1.807) is 0 Å². The van der Waals surface area contributed by atoms with Crippen LogP contribution in [0.2, 0.25) is 0 Å². The van der Waals surface area contributed by atoms with Gasteiger partial charge in [-0.1, -0.05) is 25.5 Å². The lowest BCUT2D eigenvalue weighted by Gasteiger charge is -2.06. The lowest BCUT2D eigenvalue weighted by atomic mass is 10.0. The van der Waals surface area contributed by atoms with Crippen LogP contribution in [0.5, 0.6) is 0 Å². The van der Waals surface area contributed by atoms with Gasteiger partial charge in [0.2, 0.25) is 0 Å². The van der Waals surface area contributed by atoms with E-state index in [1.165, 1.54) is 12.0 Å².